The summed E-state index contributed by atoms with van der Waals surface area (Å²) < 4.78 is 5.29. The predicted octanol–water partition coefficient (Wildman–Crippen LogP) is 3.34. The van der Waals surface area contributed by atoms with Gasteiger partial charge in [0, 0.05) is 17.5 Å². The number of pyridine rings is 1. The molecule has 0 spiro atoms. The van der Waals surface area contributed by atoms with Crippen molar-refractivity contribution in [3.8, 4) is 11.4 Å². The normalized spacial score (nSPS) is 10.7. The highest BCUT2D eigenvalue weighted by Gasteiger charge is 2.09. The molecule has 2 heterocycles. The van der Waals surface area contributed by atoms with Crippen LogP contribution in [0.4, 0.5) is 0 Å². The van der Waals surface area contributed by atoms with E-state index in [-0.39, 0.29) is 0 Å². The standard InChI is InChI=1S/C16H15N3O/c1-11-3-6-13(7-4-11)9-15-18-16(19-20-15)14-8-5-12(2)17-10-14/h3-8,10H,9H2,1-2H3. The molecule has 0 aliphatic heterocycles. The van der Waals surface area contributed by atoms with E-state index in [0.717, 1.165) is 16.8 Å². The Kier molecular flexibility index (Phi) is 3.29. The zero-order valence-electron chi connectivity index (χ0n) is 11.5. The van der Waals surface area contributed by atoms with Gasteiger partial charge in [-0.15, -0.1) is 0 Å². The summed E-state index contributed by atoms with van der Waals surface area (Å²) in [7, 11) is 0. The fourth-order valence-corrected chi connectivity index (χ4v) is 1.92. The molecule has 1 aromatic carbocycles. The summed E-state index contributed by atoms with van der Waals surface area (Å²) in [4.78, 5) is 8.65. The van der Waals surface area contributed by atoms with Gasteiger partial charge in [0.2, 0.25) is 11.7 Å². The molecule has 3 aromatic rings. The van der Waals surface area contributed by atoms with Crippen LogP contribution in [-0.4, -0.2) is 15.1 Å². The molecule has 0 unspecified atom stereocenters. The van der Waals surface area contributed by atoms with E-state index < -0.39 is 0 Å². The molecular weight excluding hydrogens is 250 g/mol. The molecule has 0 fully saturated rings. The highest BCUT2D eigenvalue weighted by atomic mass is 16.5. The number of rotatable bonds is 3. The molecule has 100 valence electrons. The largest absolute Gasteiger partial charge is 0.339 e. The zero-order valence-corrected chi connectivity index (χ0v) is 11.5. The monoisotopic (exact) mass is 265 g/mol. The zero-order chi connectivity index (χ0) is 13.9. The van der Waals surface area contributed by atoms with Crippen molar-refractivity contribution in [2.45, 2.75) is 20.3 Å². The van der Waals surface area contributed by atoms with Crippen molar-refractivity contribution in [1.29, 1.82) is 0 Å². The van der Waals surface area contributed by atoms with Crippen molar-refractivity contribution in [2.75, 3.05) is 0 Å². The fourth-order valence-electron chi connectivity index (χ4n) is 1.92. The smallest absolute Gasteiger partial charge is 0.231 e. The molecule has 0 saturated heterocycles. The third kappa shape index (κ3) is 2.74. The fraction of sp³-hybridized carbons (Fsp3) is 0.188. The molecule has 4 heteroatoms. The molecule has 0 bridgehead atoms. The average molecular weight is 265 g/mol. The molecule has 3 rings (SSSR count). The summed E-state index contributed by atoms with van der Waals surface area (Å²) in [6.07, 6.45) is 2.41. The first kappa shape index (κ1) is 12.5. The summed E-state index contributed by atoms with van der Waals surface area (Å²) in [6, 6.07) is 12.2. The second-order valence-electron chi connectivity index (χ2n) is 4.86. The van der Waals surface area contributed by atoms with E-state index >= 15 is 0 Å². The van der Waals surface area contributed by atoms with Crippen molar-refractivity contribution < 1.29 is 4.52 Å². The number of hydrogen-bond donors (Lipinski definition) is 0. The third-order valence-electron chi connectivity index (χ3n) is 3.11. The van der Waals surface area contributed by atoms with Gasteiger partial charge in [0.1, 0.15) is 0 Å². The van der Waals surface area contributed by atoms with Crippen molar-refractivity contribution in [3.05, 3.63) is 65.3 Å². The summed E-state index contributed by atoms with van der Waals surface area (Å²) in [5, 5.41) is 4.00. The summed E-state index contributed by atoms with van der Waals surface area (Å²) >= 11 is 0. The first-order valence-corrected chi connectivity index (χ1v) is 6.52. The maximum Gasteiger partial charge on any atom is 0.231 e. The third-order valence-corrected chi connectivity index (χ3v) is 3.11. The van der Waals surface area contributed by atoms with Gasteiger partial charge in [0.05, 0.1) is 6.42 Å². The van der Waals surface area contributed by atoms with Crippen LogP contribution in [0.25, 0.3) is 11.4 Å². The molecule has 0 aliphatic rings. The first-order chi connectivity index (χ1) is 9.70. The Labute approximate surface area is 117 Å². The second kappa shape index (κ2) is 5.25. The molecule has 20 heavy (non-hydrogen) atoms. The SMILES string of the molecule is Cc1ccc(Cc2nc(-c3ccc(C)nc3)no2)cc1. The van der Waals surface area contributed by atoms with Gasteiger partial charge in [0.25, 0.3) is 0 Å². The Morgan fingerprint density at radius 2 is 1.80 bits per heavy atom. The van der Waals surface area contributed by atoms with Crippen molar-refractivity contribution in [2.24, 2.45) is 0 Å². The lowest BCUT2D eigenvalue weighted by molar-refractivity contribution is 0.385. The molecule has 0 aliphatic carbocycles. The Balaban J connectivity index is 1.80. The van der Waals surface area contributed by atoms with Crippen LogP contribution in [0.15, 0.2) is 47.1 Å². The summed E-state index contributed by atoms with van der Waals surface area (Å²) in [6.45, 7) is 4.02. The van der Waals surface area contributed by atoms with Crippen molar-refractivity contribution in [3.63, 3.8) is 0 Å². The van der Waals surface area contributed by atoms with Gasteiger partial charge in [-0.25, -0.2) is 0 Å². The van der Waals surface area contributed by atoms with E-state index in [2.05, 4.69) is 46.3 Å². The Hall–Kier alpha value is -2.49. The molecule has 0 saturated carbocycles. The molecule has 2 aromatic heterocycles. The van der Waals surface area contributed by atoms with E-state index in [0.29, 0.717) is 18.1 Å². The van der Waals surface area contributed by atoms with E-state index in [4.69, 9.17) is 4.52 Å². The number of nitrogens with zero attached hydrogens (tertiary/aromatic N) is 3. The van der Waals surface area contributed by atoms with Gasteiger partial charge in [-0.05, 0) is 31.5 Å². The topological polar surface area (TPSA) is 51.8 Å². The highest BCUT2D eigenvalue weighted by molar-refractivity contribution is 5.52. The number of aryl methyl sites for hydroxylation is 2. The van der Waals surface area contributed by atoms with Gasteiger partial charge in [-0.1, -0.05) is 35.0 Å². The maximum atomic E-state index is 5.29. The van der Waals surface area contributed by atoms with E-state index in [1.54, 1.807) is 6.20 Å². The minimum atomic E-state index is 0.583. The minimum Gasteiger partial charge on any atom is -0.339 e. The Morgan fingerprint density at radius 1 is 1.00 bits per heavy atom. The lowest BCUT2D eigenvalue weighted by atomic mass is 10.1. The lowest BCUT2D eigenvalue weighted by Gasteiger charge is -1.97. The molecule has 0 radical (unpaired) electrons. The summed E-state index contributed by atoms with van der Waals surface area (Å²) in [5.41, 5.74) is 4.24. The van der Waals surface area contributed by atoms with Gasteiger partial charge in [0.15, 0.2) is 0 Å². The number of benzene rings is 1. The molecular formula is C16H15N3O. The number of aromatic nitrogens is 3. The van der Waals surface area contributed by atoms with Gasteiger partial charge < -0.3 is 4.52 Å². The lowest BCUT2D eigenvalue weighted by Crippen LogP contribution is -1.89. The van der Waals surface area contributed by atoms with Crippen LogP contribution in [0.2, 0.25) is 0 Å². The Morgan fingerprint density at radius 3 is 2.50 bits per heavy atom. The minimum absolute atomic E-state index is 0.583. The van der Waals surface area contributed by atoms with Gasteiger partial charge in [-0.2, -0.15) is 4.98 Å². The second-order valence-corrected chi connectivity index (χ2v) is 4.86. The van der Waals surface area contributed by atoms with E-state index in [1.165, 1.54) is 5.56 Å². The Bertz CT molecular complexity index is 699. The molecule has 0 N–H and O–H groups in total. The predicted molar refractivity (Wildman–Crippen MR) is 76.3 cm³/mol. The van der Waals surface area contributed by atoms with Crippen LogP contribution in [0.3, 0.4) is 0 Å². The van der Waals surface area contributed by atoms with Crippen LogP contribution in [0, 0.1) is 13.8 Å². The van der Waals surface area contributed by atoms with Crippen LogP contribution in [-0.2, 0) is 6.42 Å². The van der Waals surface area contributed by atoms with Crippen LogP contribution in [0.5, 0.6) is 0 Å². The molecule has 0 amide bonds. The number of hydrogen-bond acceptors (Lipinski definition) is 4. The van der Waals surface area contributed by atoms with Crippen LogP contribution in [0.1, 0.15) is 22.7 Å². The highest BCUT2D eigenvalue weighted by Crippen LogP contribution is 2.16. The van der Waals surface area contributed by atoms with E-state index in [9.17, 15) is 0 Å². The average Bonchev–Trinajstić information content (AvgIpc) is 2.91. The van der Waals surface area contributed by atoms with Crippen molar-refractivity contribution >= 4 is 0 Å². The van der Waals surface area contributed by atoms with Crippen molar-refractivity contribution in [1.82, 2.24) is 15.1 Å². The first-order valence-electron chi connectivity index (χ1n) is 6.52. The maximum absolute atomic E-state index is 5.29. The quantitative estimate of drug-likeness (QED) is 0.728. The molecule has 4 nitrogen and oxygen atoms in total. The van der Waals surface area contributed by atoms with Crippen LogP contribution >= 0.6 is 0 Å². The van der Waals surface area contributed by atoms with Crippen LogP contribution < -0.4 is 0 Å². The van der Waals surface area contributed by atoms with Gasteiger partial charge >= 0.3 is 0 Å². The van der Waals surface area contributed by atoms with E-state index in [1.807, 2.05) is 19.1 Å². The summed E-state index contributed by atoms with van der Waals surface area (Å²) in [5.74, 6) is 1.20. The van der Waals surface area contributed by atoms with Gasteiger partial charge in [-0.3, -0.25) is 4.98 Å². The molecule has 0 atom stereocenters.